The Kier molecular flexibility index (Phi) is 6.45. The van der Waals surface area contributed by atoms with Gasteiger partial charge in [-0.2, -0.15) is 0 Å². The molecular formula is C18H33N3O. The van der Waals surface area contributed by atoms with Gasteiger partial charge in [0.1, 0.15) is 0 Å². The van der Waals surface area contributed by atoms with Gasteiger partial charge in [0.05, 0.1) is 6.54 Å². The molecule has 1 atom stereocenters. The summed E-state index contributed by atoms with van der Waals surface area (Å²) >= 11 is 0. The molecular weight excluding hydrogens is 274 g/mol. The van der Waals surface area contributed by atoms with Gasteiger partial charge in [-0.05, 0) is 33.6 Å². The second-order valence-corrected chi connectivity index (χ2v) is 7.08. The zero-order valence-electron chi connectivity index (χ0n) is 14.9. The lowest BCUT2D eigenvalue weighted by Gasteiger charge is -2.39. The van der Waals surface area contributed by atoms with E-state index in [0.717, 1.165) is 45.7 Å². The van der Waals surface area contributed by atoms with Gasteiger partial charge < -0.3 is 4.90 Å². The van der Waals surface area contributed by atoms with Crippen LogP contribution >= 0.6 is 0 Å². The number of carbonyl (C=O) groups excluding carboxylic acids is 1. The third-order valence-corrected chi connectivity index (χ3v) is 5.35. The molecule has 126 valence electrons. The van der Waals surface area contributed by atoms with Gasteiger partial charge in [-0.3, -0.25) is 14.6 Å². The smallest absolute Gasteiger partial charge is 0.236 e. The molecule has 2 aliphatic heterocycles. The third kappa shape index (κ3) is 4.56. The molecule has 0 N–H and O–H groups in total. The van der Waals surface area contributed by atoms with Gasteiger partial charge in [0.25, 0.3) is 0 Å². The highest BCUT2D eigenvalue weighted by molar-refractivity contribution is 5.78. The summed E-state index contributed by atoms with van der Waals surface area (Å²) in [7, 11) is 0. The van der Waals surface area contributed by atoms with E-state index in [1.165, 1.54) is 24.0 Å². The van der Waals surface area contributed by atoms with Crippen molar-refractivity contribution in [1.82, 2.24) is 14.7 Å². The van der Waals surface area contributed by atoms with E-state index in [1.54, 1.807) is 0 Å². The lowest BCUT2D eigenvalue weighted by molar-refractivity contribution is -0.134. The van der Waals surface area contributed by atoms with E-state index in [1.807, 2.05) is 0 Å². The van der Waals surface area contributed by atoms with Gasteiger partial charge in [0, 0.05) is 45.3 Å². The highest BCUT2D eigenvalue weighted by atomic mass is 16.2. The summed E-state index contributed by atoms with van der Waals surface area (Å²) in [6.45, 7) is 15.4. The van der Waals surface area contributed by atoms with Gasteiger partial charge >= 0.3 is 0 Å². The summed E-state index contributed by atoms with van der Waals surface area (Å²) in [6.07, 6.45) is 3.61. The van der Waals surface area contributed by atoms with Gasteiger partial charge in [0.2, 0.25) is 5.91 Å². The average Bonchev–Trinajstić information content (AvgIpc) is 2.51. The molecule has 0 aromatic carbocycles. The molecule has 2 rings (SSSR count). The SMILES string of the molecule is CCCC(C)N1CCN(C(=O)CN2CCC(C)=C(C)C2)CC1. The molecule has 22 heavy (non-hydrogen) atoms. The fourth-order valence-electron chi connectivity index (χ4n) is 3.53. The van der Waals surface area contributed by atoms with Crippen molar-refractivity contribution in [2.24, 2.45) is 0 Å². The van der Waals surface area contributed by atoms with Crippen LogP contribution in [0, 0.1) is 0 Å². The van der Waals surface area contributed by atoms with Crippen molar-refractivity contribution in [3.63, 3.8) is 0 Å². The molecule has 4 nitrogen and oxygen atoms in total. The molecule has 1 unspecified atom stereocenters. The van der Waals surface area contributed by atoms with Crippen molar-refractivity contribution >= 4 is 5.91 Å². The number of rotatable bonds is 5. The Morgan fingerprint density at radius 3 is 2.36 bits per heavy atom. The van der Waals surface area contributed by atoms with Crippen LogP contribution in [-0.2, 0) is 4.79 Å². The van der Waals surface area contributed by atoms with Crippen molar-refractivity contribution in [2.75, 3.05) is 45.8 Å². The highest BCUT2D eigenvalue weighted by Gasteiger charge is 2.25. The van der Waals surface area contributed by atoms with E-state index >= 15 is 0 Å². The molecule has 1 fully saturated rings. The first-order valence-electron chi connectivity index (χ1n) is 8.90. The molecule has 2 aliphatic rings. The van der Waals surface area contributed by atoms with Crippen LogP contribution in [0.3, 0.4) is 0 Å². The van der Waals surface area contributed by atoms with Gasteiger partial charge in [-0.15, -0.1) is 0 Å². The lowest BCUT2D eigenvalue weighted by atomic mass is 10.0. The standard InChI is InChI=1S/C18H33N3O/c1-5-6-17(4)20-9-11-21(12-10-20)18(22)14-19-8-7-15(2)16(3)13-19/h17H,5-14H2,1-4H3. The second-order valence-electron chi connectivity index (χ2n) is 7.08. The lowest BCUT2D eigenvalue weighted by Crippen LogP contribution is -2.53. The monoisotopic (exact) mass is 307 g/mol. The maximum absolute atomic E-state index is 12.5. The predicted molar refractivity (Wildman–Crippen MR) is 92.0 cm³/mol. The Morgan fingerprint density at radius 2 is 1.77 bits per heavy atom. The largest absolute Gasteiger partial charge is 0.339 e. The molecule has 0 aliphatic carbocycles. The van der Waals surface area contributed by atoms with Gasteiger partial charge in [0.15, 0.2) is 0 Å². The van der Waals surface area contributed by atoms with E-state index in [0.29, 0.717) is 18.5 Å². The summed E-state index contributed by atoms with van der Waals surface area (Å²) < 4.78 is 0. The van der Waals surface area contributed by atoms with Crippen LogP contribution in [0.25, 0.3) is 0 Å². The van der Waals surface area contributed by atoms with E-state index in [4.69, 9.17) is 0 Å². The summed E-state index contributed by atoms with van der Waals surface area (Å²) in [4.78, 5) is 19.4. The minimum absolute atomic E-state index is 0.315. The zero-order chi connectivity index (χ0) is 16.1. The first-order chi connectivity index (χ1) is 10.5. The van der Waals surface area contributed by atoms with Crippen LogP contribution < -0.4 is 0 Å². The molecule has 1 saturated heterocycles. The van der Waals surface area contributed by atoms with Crippen LogP contribution in [0.4, 0.5) is 0 Å². The molecule has 0 aromatic heterocycles. The molecule has 0 radical (unpaired) electrons. The minimum atomic E-state index is 0.315. The Balaban J connectivity index is 1.76. The molecule has 0 saturated carbocycles. The number of amides is 1. The van der Waals surface area contributed by atoms with Crippen molar-refractivity contribution in [2.45, 2.75) is 53.0 Å². The number of carbonyl (C=O) groups is 1. The minimum Gasteiger partial charge on any atom is -0.339 e. The summed E-state index contributed by atoms with van der Waals surface area (Å²) in [5.74, 6) is 0.315. The maximum Gasteiger partial charge on any atom is 0.236 e. The topological polar surface area (TPSA) is 26.8 Å². The summed E-state index contributed by atoms with van der Waals surface area (Å²) in [6, 6.07) is 0.653. The van der Waals surface area contributed by atoms with E-state index in [-0.39, 0.29) is 0 Å². The molecule has 0 spiro atoms. The number of hydrogen-bond acceptors (Lipinski definition) is 3. The van der Waals surface area contributed by atoms with Crippen LogP contribution in [0.2, 0.25) is 0 Å². The van der Waals surface area contributed by atoms with E-state index in [2.05, 4.69) is 42.4 Å². The van der Waals surface area contributed by atoms with Crippen LogP contribution in [0.5, 0.6) is 0 Å². The fourth-order valence-corrected chi connectivity index (χ4v) is 3.53. The Bertz CT molecular complexity index is 411. The maximum atomic E-state index is 12.5. The van der Waals surface area contributed by atoms with Crippen LogP contribution in [0.15, 0.2) is 11.1 Å². The molecule has 2 heterocycles. The Morgan fingerprint density at radius 1 is 1.09 bits per heavy atom. The average molecular weight is 307 g/mol. The van der Waals surface area contributed by atoms with E-state index in [9.17, 15) is 4.79 Å². The first-order valence-corrected chi connectivity index (χ1v) is 8.90. The van der Waals surface area contributed by atoms with Crippen molar-refractivity contribution < 1.29 is 4.79 Å². The van der Waals surface area contributed by atoms with Crippen molar-refractivity contribution in [1.29, 1.82) is 0 Å². The zero-order valence-corrected chi connectivity index (χ0v) is 14.9. The van der Waals surface area contributed by atoms with Gasteiger partial charge in [-0.25, -0.2) is 0 Å². The van der Waals surface area contributed by atoms with Crippen LogP contribution in [-0.4, -0.2) is 72.5 Å². The summed E-state index contributed by atoms with van der Waals surface area (Å²) in [5.41, 5.74) is 2.94. The van der Waals surface area contributed by atoms with Crippen molar-refractivity contribution in [3.8, 4) is 0 Å². The normalized spacial score (nSPS) is 23.0. The van der Waals surface area contributed by atoms with Gasteiger partial charge in [-0.1, -0.05) is 24.5 Å². The molecule has 4 heteroatoms. The quantitative estimate of drug-likeness (QED) is 0.730. The predicted octanol–water partition coefficient (Wildman–Crippen LogP) is 2.36. The molecule has 0 aromatic rings. The number of nitrogens with zero attached hydrogens (tertiary/aromatic N) is 3. The third-order valence-electron chi connectivity index (χ3n) is 5.35. The Labute approximate surface area is 136 Å². The molecule has 0 bridgehead atoms. The number of hydrogen-bond donors (Lipinski definition) is 0. The first kappa shape index (κ1) is 17.5. The number of piperazine rings is 1. The Hall–Kier alpha value is -0.870. The summed E-state index contributed by atoms with van der Waals surface area (Å²) in [5, 5.41) is 0. The second kappa shape index (κ2) is 8.11. The molecule has 1 amide bonds. The van der Waals surface area contributed by atoms with Crippen LogP contribution in [0.1, 0.15) is 47.0 Å². The van der Waals surface area contributed by atoms with Crippen molar-refractivity contribution in [3.05, 3.63) is 11.1 Å². The van der Waals surface area contributed by atoms with E-state index < -0.39 is 0 Å². The highest BCUT2D eigenvalue weighted by Crippen LogP contribution is 2.17. The fraction of sp³-hybridized carbons (Fsp3) is 0.833.